The summed E-state index contributed by atoms with van der Waals surface area (Å²) >= 11 is 1.32. The van der Waals surface area contributed by atoms with E-state index in [-0.39, 0.29) is 6.61 Å². The molecule has 0 aromatic heterocycles. The fraction of sp³-hybridized carbons (Fsp3) is 0.875. The van der Waals surface area contributed by atoms with Crippen molar-refractivity contribution in [3.63, 3.8) is 0 Å². The summed E-state index contributed by atoms with van der Waals surface area (Å²) in [6.07, 6.45) is 5.28. The van der Waals surface area contributed by atoms with E-state index in [9.17, 15) is 5.11 Å². The maximum Gasteiger partial charge on any atom is 0.133 e. The van der Waals surface area contributed by atoms with Gasteiger partial charge in [-0.2, -0.15) is 5.26 Å². The van der Waals surface area contributed by atoms with Crippen LogP contribution in [-0.2, 0) is 5.11 Å². The van der Waals surface area contributed by atoms with Gasteiger partial charge in [0.25, 0.3) is 0 Å². The van der Waals surface area contributed by atoms with Crippen molar-refractivity contribution in [1.29, 1.82) is 5.26 Å². The van der Waals surface area contributed by atoms with Crippen LogP contribution in [0.5, 0.6) is 0 Å². The molecule has 0 amide bonds. The van der Waals surface area contributed by atoms with Crippen LogP contribution in [0.2, 0.25) is 0 Å². The fourth-order valence-corrected chi connectivity index (χ4v) is 1.29. The Morgan fingerprint density at radius 2 is 1.73 bits per heavy atom. The van der Waals surface area contributed by atoms with E-state index < -0.39 is 0 Å². The van der Waals surface area contributed by atoms with E-state index >= 15 is 0 Å². The van der Waals surface area contributed by atoms with Crippen molar-refractivity contribution in [3.05, 3.63) is 0 Å². The van der Waals surface area contributed by atoms with Crippen molar-refractivity contribution < 1.29 is 5.11 Å². The Hall–Kier alpha value is -0.200. The molecular formula is C8H14NOS. The number of nitrogens with zero attached hydrogens (tertiary/aromatic N) is 1. The van der Waals surface area contributed by atoms with E-state index in [1.54, 1.807) is 0 Å². The molecule has 3 heteroatoms. The largest absolute Gasteiger partial charge is 0.237 e. The number of rotatable bonds is 7. The maximum absolute atomic E-state index is 10.0. The highest BCUT2D eigenvalue weighted by molar-refractivity contribution is 8.03. The minimum absolute atomic E-state index is 0.0624. The predicted molar refractivity (Wildman–Crippen MR) is 46.7 cm³/mol. The molecule has 1 radical (unpaired) electrons. The lowest BCUT2D eigenvalue weighted by atomic mass is 10.2. The van der Waals surface area contributed by atoms with Crippen LogP contribution in [0.4, 0.5) is 0 Å². The van der Waals surface area contributed by atoms with Gasteiger partial charge in [0.1, 0.15) is 5.40 Å². The topological polar surface area (TPSA) is 43.7 Å². The smallest absolute Gasteiger partial charge is 0.133 e. The van der Waals surface area contributed by atoms with Crippen molar-refractivity contribution in [2.45, 2.75) is 32.1 Å². The van der Waals surface area contributed by atoms with Crippen molar-refractivity contribution in [2.24, 2.45) is 0 Å². The number of thioether (sulfide) groups is 1. The summed E-state index contributed by atoms with van der Waals surface area (Å²) in [7, 11) is 0. The van der Waals surface area contributed by atoms with E-state index in [2.05, 4.69) is 0 Å². The van der Waals surface area contributed by atoms with Crippen LogP contribution >= 0.6 is 11.8 Å². The SMILES string of the molecule is N#CSCCCCCCC[O]. The number of hydrogen-bond acceptors (Lipinski definition) is 2. The third kappa shape index (κ3) is 9.80. The van der Waals surface area contributed by atoms with Gasteiger partial charge in [-0.3, -0.25) is 0 Å². The monoisotopic (exact) mass is 172 g/mol. The van der Waals surface area contributed by atoms with Crippen molar-refractivity contribution in [3.8, 4) is 5.40 Å². The molecule has 0 aromatic rings. The first-order valence-electron chi connectivity index (χ1n) is 4.01. The van der Waals surface area contributed by atoms with E-state index in [0.29, 0.717) is 0 Å². The Morgan fingerprint density at radius 3 is 2.36 bits per heavy atom. The van der Waals surface area contributed by atoms with Gasteiger partial charge >= 0.3 is 0 Å². The van der Waals surface area contributed by atoms with Gasteiger partial charge in [0.2, 0.25) is 0 Å². The molecule has 0 aliphatic carbocycles. The minimum atomic E-state index is 0.0624. The summed E-state index contributed by atoms with van der Waals surface area (Å²) in [5.74, 6) is 0.938. The first kappa shape index (κ1) is 10.8. The Kier molecular flexibility index (Phi) is 9.62. The molecule has 0 fully saturated rings. The third-order valence-electron chi connectivity index (χ3n) is 1.46. The first-order valence-corrected chi connectivity index (χ1v) is 4.99. The summed E-state index contributed by atoms with van der Waals surface area (Å²) in [5.41, 5.74) is 0. The molecular weight excluding hydrogens is 158 g/mol. The molecule has 2 nitrogen and oxygen atoms in total. The van der Waals surface area contributed by atoms with Gasteiger partial charge in [-0.15, -0.1) is 0 Å². The van der Waals surface area contributed by atoms with Gasteiger partial charge in [-0.25, -0.2) is 5.11 Å². The zero-order chi connectivity index (χ0) is 8.36. The Labute approximate surface area is 72.6 Å². The lowest BCUT2D eigenvalue weighted by Gasteiger charge is -1.96. The maximum atomic E-state index is 10.0. The zero-order valence-corrected chi connectivity index (χ0v) is 7.53. The number of thiocyanates is 1. The van der Waals surface area contributed by atoms with Gasteiger partial charge in [0.15, 0.2) is 0 Å². The lowest BCUT2D eigenvalue weighted by molar-refractivity contribution is 0.186. The second-order valence-corrected chi connectivity index (χ2v) is 3.29. The molecule has 0 unspecified atom stereocenters. The average Bonchev–Trinajstić information content (AvgIpc) is 2.03. The average molecular weight is 172 g/mol. The Morgan fingerprint density at radius 1 is 1.09 bits per heavy atom. The fourth-order valence-electron chi connectivity index (χ4n) is 0.852. The first-order chi connectivity index (χ1) is 5.41. The van der Waals surface area contributed by atoms with Crippen molar-refractivity contribution >= 4 is 11.8 Å². The standard InChI is InChI=1S/C8H14NOS/c9-8-11-7-5-3-1-2-4-6-10/h1-7H2. The summed E-state index contributed by atoms with van der Waals surface area (Å²) < 4.78 is 0. The molecule has 63 valence electrons. The van der Waals surface area contributed by atoms with Crippen LogP contribution in [0.1, 0.15) is 32.1 Å². The van der Waals surface area contributed by atoms with Crippen LogP contribution in [0, 0.1) is 10.7 Å². The molecule has 0 saturated carbocycles. The molecule has 0 saturated heterocycles. The predicted octanol–water partition coefficient (Wildman–Crippen LogP) is 2.58. The number of nitriles is 1. The molecule has 0 rings (SSSR count). The minimum Gasteiger partial charge on any atom is -0.237 e. The molecule has 0 atom stereocenters. The van der Waals surface area contributed by atoms with Gasteiger partial charge < -0.3 is 0 Å². The molecule has 0 bridgehead atoms. The lowest BCUT2D eigenvalue weighted by Crippen LogP contribution is -1.83. The van der Waals surface area contributed by atoms with E-state index in [1.165, 1.54) is 11.8 Å². The van der Waals surface area contributed by atoms with Gasteiger partial charge in [0, 0.05) is 5.75 Å². The van der Waals surface area contributed by atoms with E-state index in [4.69, 9.17) is 5.26 Å². The number of unbranched alkanes of at least 4 members (excludes halogenated alkanes) is 4. The van der Waals surface area contributed by atoms with Crippen LogP contribution < -0.4 is 0 Å². The Balaban J connectivity index is 2.75. The molecule has 0 spiro atoms. The summed E-state index contributed by atoms with van der Waals surface area (Å²) in [5, 5.41) is 20.2. The molecule has 0 aliphatic heterocycles. The highest BCUT2D eigenvalue weighted by Gasteiger charge is 1.90. The molecule has 0 N–H and O–H groups in total. The van der Waals surface area contributed by atoms with Crippen molar-refractivity contribution in [2.75, 3.05) is 12.4 Å². The van der Waals surface area contributed by atoms with Crippen LogP contribution in [0.3, 0.4) is 0 Å². The molecule has 11 heavy (non-hydrogen) atoms. The highest BCUT2D eigenvalue weighted by atomic mass is 32.2. The second-order valence-electron chi connectivity index (χ2n) is 2.41. The molecule has 0 aromatic carbocycles. The van der Waals surface area contributed by atoms with Crippen molar-refractivity contribution in [1.82, 2.24) is 0 Å². The van der Waals surface area contributed by atoms with E-state index in [0.717, 1.165) is 37.9 Å². The van der Waals surface area contributed by atoms with E-state index in [1.807, 2.05) is 5.40 Å². The van der Waals surface area contributed by atoms with Gasteiger partial charge in [-0.05, 0) is 24.6 Å². The highest BCUT2D eigenvalue weighted by Crippen LogP contribution is 2.06. The zero-order valence-electron chi connectivity index (χ0n) is 6.71. The second kappa shape index (κ2) is 9.80. The van der Waals surface area contributed by atoms with Crippen LogP contribution in [0.15, 0.2) is 0 Å². The summed E-state index contributed by atoms with van der Waals surface area (Å²) in [6.45, 7) is 0.0624. The summed E-state index contributed by atoms with van der Waals surface area (Å²) in [4.78, 5) is 0. The third-order valence-corrected chi connectivity index (χ3v) is 2.08. The molecule has 0 heterocycles. The quantitative estimate of drug-likeness (QED) is 0.437. The molecule has 0 aliphatic rings. The van der Waals surface area contributed by atoms with Gasteiger partial charge in [-0.1, -0.05) is 19.3 Å². The van der Waals surface area contributed by atoms with Crippen LogP contribution in [0.25, 0.3) is 0 Å². The Bertz CT molecular complexity index is 111. The van der Waals surface area contributed by atoms with Gasteiger partial charge in [0.05, 0.1) is 6.61 Å². The summed E-state index contributed by atoms with van der Waals surface area (Å²) in [6, 6.07) is 0. The van der Waals surface area contributed by atoms with Crippen LogP contribution in [-0.4, -0.2) is 12.4 Å². The number of hydrogen-bond donors (Lipinski definition) is 0. The normalized spacial score (nSPS) is 9.45.